The van der Waals surface area contributed by atoms with Crippen LogP contribution in [0.2, 0.25) is 5.15 Å². The molecule has 0 saturated carbocycles. The molecule has 0 unspecified atom stereocenters. The average molecular weight is 311 g/mol. The molecule has 1 aromatic rings. The molecule has 0 bridgehead atoms. The number of aromatic nitrogens is 1. The number of nitrogens with zero attached hydrogens (tertiary/aromatic N) is 3. The van der Waals surface area contributed by atoms with Gasteiger partial charge in [-0.3, -0.25) is 4.79 Å². The van der Waals surface area contributed by atoms with Crippen LogP contribution in [0.3, 0.4) is 0 Å². The maximum absolute atomic E-state index is 12.4. The number of hydrogen-bond donors (Lipinski definition) is 1. The predicted molar refractivity (Wildman–Crippen MR) is 80.5 cm³/mol. The highest BCUT2D eigenvalue weighted by Gasteiger charge is 2.24. The average Bonchev–Trinajstić information content (AvgIpc) is 2.46. The van der Waals surface area contributed by atoms with Crippen LogP contribution in [0.1, 0.15) is 23.0 Å². The van der Waals surface area contributed by atoms with Crippen LogP contribution in [0.15, 0.2) is 12.1 Å². The Hall–Kier alpha value is -1.82. The summed E-state index contributed by atoms with van der Waals surface area (Å²) in [5.41, 5.74) is 1.26. The normalized spacial score (nSPS) is 15.0. The number of hydrogen-bond acceptors (Lipinski definition) is 3. The smallest absolute Gasteiger partial charge is 0.317 e. The monoisotopic (exact) mass is 310 g/mol. The molecule has 114 valence electrons. The Labute approximate surface area is 129 Å². The number of halogens is 1. The molecule has 1 aliphatic rings. The highest BCUT2D eigenvalue weighted by atomic mass is 35.5. The first kappa shape index (κ1) is 15.6. The number of rotatable bonds is 2. The molecule has 1 aliphatic heterocycles. The van der Waals surface area contributed by atoms with Crippen molar-refractivity contribution in [3.63, 3.8) is 0 Å². The maximum atomic E-state index is 12.4. The summed E-state index contributed by atoms with van der Waals surface area (Å²) in [7, 11) is 0. The van der Waals surface area contributed by atoms with Crippen molar-refractivity contribution < 1.29 is 9.59 Å². The summed E-state index contributed by atoms with van der Waals surface area (Å²) >= 11 is 5.89. The van der Waals surface area contributed by atoms with Crippen molar-refractivity contribution in [1.82, 2.24) is 20.1 Å². The third-order valence-electron chi connectivity index (χ3n) is 3.35. The summed E-state index contributed by atoms with van der Waals surface area (Å²) in [5.74, 6) is -0.0713. The lowest BCUT2D eigenvalue weighted by Gasteiger charge is -2.34. The van der Waals surface area contributed by atoms with E-state index in [-0.39, 0.29) is 11.9 Å². The van der Waals surface area contributed by atoms with Gasteiger partial charge in [0.05, 0.1) is 0 Å². The number of carbonyl (C=O) groups is 2. The molecule has 1 aromatic heterocycles. The zero-order valence-electron chi connectivity index (χ0n) is 12.2. The van der Waals surface area contributed by atoms with Gasteiger partial charge in [0.15, 0.2) is 0 Å². The van der Waals surface area contributed by atoms with E-state index in [1.807, 2.05) is 6.92 Å². The molecule has 1 saturated heterocycles. The van der Waals surface area contributed by atoms with Crippen molar-refractivity contribution in [1.29, 1.82) is 0 Å². The molecular weight excluding hydrogens is 292 g/mol. The SMILES string of the molecule is CCNC(=O)N1CCN(C(=O)c2cc(C)nc(Cl)c2)CC1. The molecule has 0 spiro atoms. The van der Waals surface area contributed by atoms with Gasteiger partial charge in [-0.1, -0.05) is 11.6 Å². The Balaban J connectivity index is 1.98. The molecule has 21 heavy (non-hydrogen) atoms. The van der Waals surface area contributed by atoms with Crippen LogP contribution in [-0.4, -0.2) is 59.4 Å². The molecule has 7 heteroatoms. The number of urea groups is 1. The Bertz CT molecular complexity index is 522. The van der Waals surface area contributed by atoms with Gasteiger partial charge in [-0.2, -0.15) is 0 Å². The van der Waals surface area contributed by atoms with Crippen LogP contribution in [-0.2, 0) is 0 Å². The van der Waals surface area contributed by atoms with Crippen LogP contribution in [0, 0.1) is 6.92 Å². The topological polar surface area (TPSA) is 65.5 Å². The van der Waals surface area contributed by atoms with E-state index < -0.39 is 0 Å². The number of carbonyl (C=O) groups excluding carboxylic acids is 2. The number of nitrogens with one attached hydrogen (secondary N) is 1. The van der Waals surface area contributed by atoms with Crippen molar-refractivity contribution in [3.05, 3.63) is 28.5 Å². The van der Waals surface area contributed by atoms with E-state index in [9.17, 15) is 9.59 Å². The van der Waals surface area contributed by atoms with Crippen LogP contribution >= 0.6 is 11.6 Å². The summed E-state index contributed by atoms with van der Waals surface area (Å²) in [6, 6.07) is 3.23. The number of aryl methyl sites for hydroxylation is 1. The highest BCUT2D eigenvalue weighted by Crippen LogP contribution is 2.14. The largest absolute Gasteiger partial charge is 0.338 e. The van der Waals surface area contributed by atoms with Gasteiger partial charge in [0.2, 0.25) is 0 Å². The zero-order valence-corrected chi connectivity index (χ0v) is 13.0. The fourth-order valence-corrected chi connectivity index (χ4v) is 2.56. The third-order valence-corrected chi connectivity index (χ3v) is 3.54. The summed E-state index contributed by atoms with van der Waals surface area (Å²) in [6.45, 7) is 6.41. The van der Waals surface area contributed by atoms with Crippen LogP contribution in [0.25, 0.3) is 0 Å². The van der Waals surface area contributed by atoms with E-state index in [4.69, 9.17) is 11.6 Å². The lowest BCUT2D eigenvalue weighted by molar-refractivity contribution is 0.0665. The summed E-state index contributed by atoms with van der Waals surface area (Å²) < 4.78 is 0. The van der Waals surface area contributed by atoms with E-state index in [1.54, 1.807) is 28.9 Å². The van der Waals surface area contributed by atoms with Crippen molar-refractivity contribution in [2.45, 2.75) is 13.8 Å². The quantitative estimate of drug-likeness (QED) is 0.843. The van der Waals surface area contributed by atoms with Gasteiger partial charge in [0.25, 0.3) is 5.91 Å². The first-order valence-electron chi connectivity index (χ1n) is 6.97. The molecule has 0 aliphatic carbocycles. The van der Waals surface area contributed by atoms with Gasteiger partial charge in [0, 0.05) is 44.0 Å². The van der Waals surface area contributed by atoms with Crippen molar-refractivity contribution >= 4 is 23.5 Å². The number of piperazine rings is 1. The van der Waals surface area contributed by atoms with Gasteiger partial charge in [0.1, 0.15) is 5.15 Å². The molecule has 0 atom stereocenters. The van der Waals surface area contributed by atoms with E-state index in [1.165, 1.54) is 0 Å². The Morgan fingerprint density at radius 1 is 1.24 bits per heavy atom. The molecular formula is C14H19ClN4O2. The molecule has 1 N–H and O–H groups in total. The van der Waals surface area contributed by atoms with Gasteiger partial charge in [-0.05, 0) is 26.0 Å². The van der Waals surface area contributed by atoms with E-state index >= 15 is 0 Å². The third kappa shape index (κ3) is 3.85. The Morgan fingerprint density at radius 3 is 2.43 bits per heavy atom. The lowest BCUT2D eigenvalue weighted by Crippen LogP contribution is -2.53. The molecule has 6 nitrogen and oxygen atoms in total. The standard InChI is InChI=1S/C14H19ClN4O2/c1-3-16-14(21)19-6-4-18(5-7-19)13(20)11-8-10(2)17-12(15)9-11/h8-9H,3-7H2,1-2H3,(H,16,21). The van der Waals surface area contributed by atoms with Crippen molar-refractivity contribution in [2.24, 2.45) is 0 Å². The lowest BCUT2D eigenvalue weighted by atomic mass is 10.2. The summed E-state index contributed by atoms with van der Waals surface area (Å²) in [4.78, 5) is 31.7. The number of pyridine rings is 1. The zero-order chi connectivity index (χ0) is 15.4. The molecule has 1 fully saturated rings. The van der Waals surface area contributed by atoms with Crippen molar-refractivity contribution in [3.8, 4) is 0 Å². The second-order valence-electron chi connectivity index (χ2n) is 4.93. The molecule has 3 amide bonds. The van der Waals surface area contributed by atoms with E-state index in [0.717, 1.165) is 0 Å². The van der Waals surface area contributed by atoms with E-state index in [2.05, 4.69) is 10.3 Å². The second kappa shape index (κ2) is 6.76. The predicted octanol–water partition coefficient (Wildman–Crippen LogP) is 1.53. The second-order valence-corrected chi connectivity index (χ2v) is 5.32. The molecule has 0 radical (unpaired) electrons. The summed E-state index contributed by atoms with van der Waals surface area (Å²) in [5, 5.41) is 3.08. The fourth-order valence-electron chi connectivity index (χ4n) is 2.31. The minimum Gasteiger partial charge on any atom is -0.338 e. The minimum absolute atomic E-state index is 0.0713. The van der Waals surface area contributed by atoms with Gasteiger partial charge in [-0.15, -0.1) is 0 Å². The molecule has 2 heterocycles. The van der Waals surface area contributed by atoms with Gasteiger partial charge >= 0.3 is 6.03 Å². The highest BCUT2D eigenvalue weighted by molar-refractivity contribution is 6.29. The Morgan fingerprint density at radius 2 is 1.86 bits per heavy atom. The first-order chi connectivity index (χ1) is 10.0. The van der Waals surface area contributed by atoms with E-state index in [0.29, 0.717) is 49.1 Å². The van der Waals surface area contributed by atoms with Crippen LogP contribution < -0.4 is 5.32 Å². The van der Waals surface area contributed by atoms with Crippen molar-refractivity contribution in [2.75, 3.05) is 32.7 Å². The number of amides is 3. The maximum Gasteiger partial charge on any atom is 0.317 e. The molecule has 0 aromatic carbocycles. The van der Waals surface area contributed by atoms with Crippen LogP contribution in [0.5, 0.6) is 0 Å². The first-order valence-corrected chi connectivity index (χ1v) is 7.35. The van der Waals surface area contributed by atoms with Gasteiger partial charge in [-0.25, -0.2) is 9.78 Å². The summed E-state index contributed by atoms with van der Waals surface area (Å²) in [6.07, 6.45) is 0. The van der Waals surface area contributed by atoms with Gasteiger partial charge < -0.3 is 15.1 Å². The Kier molecular flexibility index (Phi) is 5.01. The fraction of sp³-hybridized carbons (Fsp3) is 0.500. The minimum atomic E-state index is -0.0765. The molecule has 2 rings (SSSR count). The van der Waals surface area contributed by atoms with Crippen LogP contribution in [0.4, 0.5) is 4.79 Å².